The minimum absolute atomic E-state index is 0.954. The second-order valence-electron chi connectivity index (χ2n) is 5.62. The maximum Gasteiger partial charge on any atom is 0.0891 e. The highest BCUT2D eigenvalue weighted by atomic mass is 15.4. The van der Waals surface area contributed by atoms with Gasteiger partial charge in [0.2, 0.25) is 0 Å². The molecule has 86 valence electrons. The fourth-order valence-electron chi connectivity index (χ4n) is 3.36. The van der Waals surface area contributed by atoms with Crippen molar-refractivity contribution in [3.05, 3.63) is 12.2 Å². The summed E-state index contributed by atoms with van der Waals surface area (Å²) in [5.41, 5.74) is 0. The van der Waals surface area contributed by atoms with Crippen molar-refractivity contribution in [2.45, 2.75) is 57.4 Å². The number of rotatable bonds is 1. The van der Waals surface area contributed by atoms with Crippen LogP contribution in [-0.2, 0) is 0 Å². The van der Waals surface area contributed by atoms with E-state index in [-0.39, 0.29) is 0 Å². The van der Waals surface area contributed by atoms with Gasteiger partial charge in [0.15, 0.2) is 0 Å². The normalized spacial score (nSPS) is 34.1. The van der Waals surface area contributed by atoms with E-state index >= 15 is 0 Å². The third-order valence-corrected chi connectivity index (χ3v) is 4.46. The molecular formula is C14H26N+. The van der Waals surface area contributed by atoms with Crippen LogP contribution in [0.4, 0.5) is 0 Å². The molecule has 0 radical (unpaired) electrons. The van der Waals surface area contributed by atoms with E-state index in [2.05, 4.69) is 19.2 Å². The van der Waals surface area contributed by atoms with Crippen LogP contribution >= 0.6 is 0 Å². The fraction of sp³-hybridized carbons (Fsp3) is 0.857. The average molecular weight is 208 g/mol. The lowest BCUT2D eigenvalue weighted by Gasteiger charge is -2.44. The number of quaternary nitrogens is 1. The summed E-state index contributed by atoms with van der Waals surface area (Å²) >= 11 is 0. The predicted octanol–water partition coefficient (Wildman–Crippen LogP) is 3.51. The Kier molecular flexibility index (Phi) is 3.85. The number of hydrogen-bond donors (Lipinski definition) is 0. The molecule has 1 nitrogen and oxygen atoms in total. The van der Waals surface area contributed by atoms with Gasteiger partial charge in [0.25, 0.3) is 0 Å². The third-order valence-electron chi connectivity index (χ3n) is 4.46. The van der Waals surface area contributed by atoms with Gasteiger partial charge < -0.3 is 4.48 Å². The molecule has 0 bridgehead atoms. The largest absolute Gasteiger partial charge is 0.324 e. The summed E-state index contributed by atoms with van der Waals surface area (Å²) in [5, 5.41) is 0. The smallest absolute Gasteiger partial charge is 0.0891 e. The molecule has 0 aromatic heterocycles. The van der Waals surface area contributed by atoms with Crippen LogP contribution in [0.3, 0.4) is 0 Å². The first kappa shape index (κ1) is 11.2. The molecule has 1 heterocycles. The molecular weight excluding hydrogens is 182 g/mol. The van der Waals surface area contributed by atoms with E-state index in [0.29, 0.717) is 0 Å². The standard InChI is InChI=1S/C14H26N/c1-15(12-8-5-9-13-15)14-10-6-3-2-4-7-11-14/h2-3,14H,4-13H2,1H3/q+1/b3-2-. The Morgan fingerprint density at radius 2 is 1.60 bits per heavy atom. The molecule has 1 atom stereocenters. The first-order chi connectivity index (χ1) is 7.31. The first-order valence-corrected chi connectivity index (χ1v) is 6.80. The van der Waals surface area contributed by atoms with Crippen molar-refractivity contribution < 1.29 is 4.48 Å². The maximum absolute atomic E-state index is 2.51. The van der Waals surface area contributed by atoms with Crippen LogP contribution in [0, 0.1) is 0 Å². The summed E-state index contributed by atoms with van der Waals surface area (Å²) in [7, 11) is 2.51. The van der Waals surface area contributed by atoms with Crippen LogP contribution in [0.2, 0.25) is 0 Å². The first-order valence-electron chi connectivity index (χ1n) is 6.80. The summed E-state index contributed by atoms with van der Waals surface area (Å²) in [4.78, 5) is 0. The molecule has 0 spiro atoms. The molecule has 0 saturated carbocycles. The molecule has 15 heavy (non-hydrogen) atoms. The van der Waals surface area contributed by atoms with Crippen LogP contribution in [0.25, 0.3) is 0 Å². The molecule has 2 rings (SSSR count). The van der Waals surface area contributed by atoms with E-state index in [0.717, 1.165) is 6.04 Å². The highest BCUT2D eigenvalue weighted by molar-refractivity contribution is 4.85. The van der Waals surface area contributed by atoms with E-state index in [4.69, 9.17) is 0 Å². The van der Waals surface area contributed by atoms with Gasteiger partial charge >= 0.3 is 0 Å². The summed E-state index contributed by atoms with van der Waals surface area (Å²) in [6.07, 6.45) is 16.1. The van der Waals surface area contributed by atoms with Crippen molar-refractivity contribution in [3.63, 3.8) is 0 Å². The second kappa shape index (κ2) is 5.16. The van der Waals surface area contributed by atoms with Crippen LogP contribution in [0.5, 0.6) is 0 Å². The van der Waals surface area contributed by atoms with E-state index in [1.165, 1.54) is 68.9 Å². The zero-order valence-electron chi connectivity index (χ0n) is 10.3. The molecule has 1 aliphatic heterocycles. The van der Waals surface area contributed by atoms with E-state index < -0.39 is 0 Å². The molecule has 0 N–H and O–H groups in total. The number of hydrogen-bond acceptors (Lipinski definition) is 0. The Balaban J connectivity index is 1.97. The molecule has 0 aromatic carbocycles. The van der Waals surface area contributed by atoms with Crippen molar-refractivity contribution in [1.29, 1.82) is 0 Å². The maximum atomic E-state index is 2.51. The van der Waals surface area contributed by atoms with Gasteiger partial charge in [-0.15, -0.1) is 0 Å². The zero-order chi connectivity index (χ0) is 10.6. The van der Waals surface area contributed by atoms with Gasteiger partial charge in [-0.25, -0.2) is 0 Å². The van der Waals surface area contributed by atoms with Crippen molar-refractivity contribution in [3.8, 4) is 0 Å². The van der Waals surface area contributed by atoms with Gasteiger partial charge in [0.1, 0.15) is 0 Å². The van der Waals surface area contributed by atoms with Crippen molar-refractivity contribution in [2.75, 3.05) is 20.1 Å². The Morgan fingerprint density at radius 3 is 2.40 bits per heavy atom. The molecule has 1 heteroatoms. The molecule has 1 saturated heterocycles. The molecule has 1 unspecified atom stereocenters. The van der Waals surface area contributed by atoms with Gasteiger partial charge in [-0.05, 0) is 44.9 Å². The Labute approximate surface area is 94.8 Å². The van der Waals surface area contributed by atoms with Crippen molar-refractivity contribution >= 4 is 0 Å². The van der Waals surface area contributed by atoms with Gasteiger partial charge in [0, 0.05) is 6.42 Å². The number of allylic oxidation sites excluding steroid dienone is 2. The highest BCUT2D eigenvalue weighted by Crippen LogP contribution is 2.27. The van der Waals surface area contributed by atoms with Crippen molar-refractivity contribution in [1.82, 2.24) is 0 Å². The predicted molar refractivity (Wildman–Crippen MR) is 65.8 cm³/mol. The van der Waals surface area contributed by atoms with E-state index in [1.807, 2.05) is 0 Å². The third kappa shape index (κ3) is 2.84. The molecule has 1 aliphatic carbocycles. The van der Waals surface area contributed by atoms with Gasteiger partial charge in [-0.1, -0.05) is 12.2 Å². The average Bonchev–Trinajstić information content (AvgIpc) is 2.17. The van der Waals surface area contributed by atoms with Crippen LogP contribution in [-0.4, -0.2) is 30.7 Å². The van der Waals surface area contributed by atoms with Gasteiger partial charge in [-0.2, -0.15) is 0 Å². The summed E-state index contributed by atoms with van der Waals surface area (Å²) in [6.45, 7) is 2.88. The second-order valence-corrected chi connectivity index (χ2v) is 5.62. The lowest BCUT2D eigenvalue weighted by Crippen LogP contribution is -2.55. The van der Waals surface area contributed by atoms with Crippen LogP contribution in [0.1, 0.15) is 51.4 Å². The minimum Gasteiger partial charge on any atom is -0.324 e. The minimum atomic E-state index is 0.954. The monoisotopic (exact) mass is 208 g/mol. The van der Waals surface area contributed by atoms with Crippen LogP contribution < -0.4 is 0 Å². The topological polar surface area (TPSA) is 0 Å². The Morgan fingerprint density at radius 1 is 0.867 bits per heavy atom. The highest BCUT2D eigenvalue weighted by Gasteiger charge is 2.33. The van der Waals surface area contributed by atoms with E-state index in [9.17, 15) is 0 Å². The summed E-state index contributed by atoms with van der Waals surface area (Å²) in [5.74, 6) is 0. The molecule has 2 aliphatic rings. The molecule has 0 amide bonds. The lowest BCUT2D eigenvalue weighted by atomic mass is 9.95. The fourth-order valence-corrected chi connectivity index (χ4v) is 3.36. The number of nitrogens with zero attached hydrogens (tertiary/aromatic N) is 1. The number of piperidine rings is 1. The Bertz CT molecular complexity index is 213. The Hall–Kier alpha value is -0.300. The van der Waals surface area contributed by atoms with E-state index in [1.54, 1.807) is 0 Å². The van der Waals surface area contributed by atoms with Gasteiger partial charge in [0.05, 0.1) is 26.2 Å². The zero-order valence-corrected chi connectivity index (χ0v) is 10.3. The lowest BCUT2D eigenvalue weighted by molar-refractivity contribution is -0.938. The van der Waals surface area contributed by atoms with Crippen LogP contribution in [0.15, 0.2) is 12.2 Å². The SMILES string of the molecule is C[N+]1(C2CC/C=C\CCC2)CCCCC1. The molecule has 0 aromatic rings. The summed E-state index contributed by atoms with van der Waals surface area (Å²) < 4.78 is 1.38. The summed E-state index contributed by atoms with van der Waals surface area (Å²) in [6, 6.07) is 0.954. The van der Waals surface area contributed by atoms with Crippen molar-refractivity contribution in [2.24, 2.45) is 0 Å². The van der Waals surface area contributed by atoms with Gasteiger partial charge in [-0.3, -0.25) is 0 Å². The quantitative estimate of drug-likeness (QED) is 0.457. The molecule has 1 fully saturated rings. The number of likely N-dealkylation sites (tertiary alicyclic amines) is 1.